The Kier molecular flexibility index (Phi) is 4.53. The zero-order valence-electron chi connectivity index (χ0n) is 17.1. The van der Waals surface area contributed by atoms with Gasteiger partial charge in [0.1, 0.15) is 0 Å². The molecule has 1 N–H and O–H groups in total. The Morgan fingerprint density at radius 2 is 1.71 bits per heavy atom. The van der Waals surface area contributed by atoms with E-state index in [4.69, 9.17) is 0 Å². The third kappa shape index (κ3) is 3.26. The molecule has 5 rings (SSSR count). The van der Waals surface area contributed by atoms with Gasteiger partial charge in [-0.25, -0.2) is 13.4 Å². The monoisotopic (exact) mass is 449 g/mol. The number of aryl methyl sites for hydroxylation is 3. The van der Waals surface area contributed by atoms with Gasteiger partial charge < -0.3 is 5.32 Å². The van der Waals surface area contributed by atoms with Crippen molar-refractivity contribution in [3.8, 4) is 0 Å². The van der Waals surface area contributed by atoms with Crippen LogP contribution in [0, 0.1) is 20.8 Å². The van der Waals surface area contributed by atoms with Crippen LogP contribution in [-0.4, -0.2) is 28.2 Å². The molecule has 0 aliphatic heterocycles. The lowest BCUT2D eigenvalue weighted by atomic mass is 10.1. The number of benzene rings is 2. The van der Waals surface area contributed by atoms with Gasteiger partial charge in [0.15, 0.2) is 11.5 Å². The van der Waals surface area contributed by atoms with Crippen molar-refractivity contribution in [1.82, 2.24) is 19.8 Å². The van der Waals surface area contributed by atoms with E-state index in [1.54, 1.807) is 24.3 Å². The molecule has 0 unspecified atom stereocenters. The number of hydrogen-bond acceptors (Lipinski definition) is 7. The minimum absolute atomic E-state index is 0.159. The summed E-state index contributed by atoms with van der Waals surface area (Å²) in [6, 6.07) is 14.7. The molecule has 0 saturated carbocycles. The summed E-state index contributed by atoms with van der Waals surface area (Å²) in [5, 5.41) is 13.3. The molecule has 0 saturated heterocycles. The van der Waals surface area contributed by atoms with Crippen LogP contribution in [0.4, 0.5) is 11.5 Å². The van der Waals surface area contributed by atoms with Crippen LogP contribution in [0.25, 0.3) is 15.9 Å². The Morgan fingerprint density at radius 1 is 0.968 bits per heavy atom. The predicted molar refractivity (Wildman–Crippen MR) is 122 cm³/mol. The first kappa shape index (κ1) is 19.7. The van der Waals surface area contributed by atoms with Crippen LogP contribution in [0.5, 0.6) is 0 Å². The number of anilines is 2. The molecular weight excluding hydrogens is 430 g/mol. The minimum atomic E-state index is -3.88. The average molecular weight is 450 g/mol. The molecule has 3 heterocycles. The number of rotatable bonds is 4. The van der Waals surface area contributed by atoms with Crippen LogP contribution in [0.2, 0.25) is 0 Å². The number of sulfone groups is 1. The maximum absolute atomic E-state index is 13.3. The van der Waals surface area contributed by atoms with Crippen LogP contribution in [0.3, 0.4) is 0 Å². The van der Waals surface area contributed by atoms with Gasteiger partial charge >= 0.3 is 0 Å². The lowest BCUT2D eigenvalue weighted by Gasteiger charge is -2.11. The van der Waals surface area contributed by atoms with Gasteiger partial charge in [-0.3, -0.25) is 0 Å². The first-order chi connectivity index (χ1) is 14.8. The molecule has 9 heteroatoms. The fourth-order valence-electron chi connectivity index (χ4n) is 3.49. The van der Waals surface area contributed by atoms with Gasteiger partial charge in [-0.2, -0.15) is 4.52 Å². The van der Waals surface area contributed by atoms with Crippen molar-refractivity contribution in [2.24, 2.45) is 0 Å². The van der Waals surface area contributed by atoms with Gasteiger partial charge in [0, 0.05) is 5.69 Å². The molecule has 0 bridgehead atoms. The molecule has 0 aliphatic carbocycles. The van der Waals surface area contributed by atoms with E-state index in [2.05, 4.69) is 26.7 Å². The lowest BCUT2D eigenvalue weighted by Crippen LogP contribution is -2.05. The zero-order chi connectivity index (χ0) is 21.8. The highest BCUT2D eigenvalue weighted by molar-refractivity contribution is 7.91. The van der Waals surface area contributed by atoms with Crippen molar-refractivity contribution in [3.05, 3.63) is 70.6 Å². The molecule has 7 nitrogen and oxygen atoms in total. The molecule has 0 radical (unpaired) electrons. The van der Waals surface area contributed by atoms with Crippen molar-refractivity contribution in [3.63, 3.8) is 0 Å². The van der Waals surface area contributed by atoms with Crippen LogP contribution in [-0.2, 0) is 9.84 Å². The zero-order valence-corrected chi connectivity index (χ0v) is 18.8. The first-order valence-electron chi connectivity index (χ1n) is 9.63. The van der Waals surface area contributed by atoms with Crippen LogP contribution < -0.4 is 5.32 Å². The van der Waals surface area contributed by atoms with Crippen molar-refractivity contribution in [1.29, 1.82) is 0 Å². The van der Waals surface area contributed by atoms with Crippen molar-refractivity contribution >= 4 is 48.5 Å². The highest BCUT2D eigenvalue weighted by atomic mass is 32.2. The van der Waals surface area contributed by atoms with E-state index >= 15 is 0 Å². The Hall–Kier alpha value is -3.30. The number of nitrogens with zero attached hydrogens (tertiary/aromatic N) is 4. The smallest absolute Gasteiger partial charge is 0.229 e. The fraction of sp³-hybridized carbons (Fsp3) is 0.136. The van der Waals surface area contributed by atoms with E-state index in [9.17, 15) is 8.42 Å². The minimum Gasteiger partial charge on any atom is -0.339 e. The highest BCUT2D eigenvalue weighted by Crippen LogP contribution is 2.33. The molecule has 156 valence electrons. The molecule has 0 aliphatic rings. The summed E-state index contributed by atoms with van der Waals surface area (Å²) in [6.07, 6.45) is 0. The van der Waals surface area contributed by atoms with Gasteiger partial charge in [0.05, 0.1) is 15.1 Å². The second kappa shape index (κ2) is 7.14. The first-order valence-corrected chi connectivity index (χ1v) is 12.0. The lowest BCUT2D eigenvalue weighted by molar-refractivity contribution is 0.592. The normalized spacial score (nSPS) is 12.0. The van der Waals surface area contributed by atoms with E-state index in [0.29, 0.717) is 5.82 Å². The summed E-state index contributed by atoms with van der Waals surface area (Å²) in [5.41, 5.74) is 5.07. The highest BCUT2D eigenvalue weighted by Gasteiger charge is 2.27. The molecule has 0 amide bonds. The van der Waals surface area contributed by atoms with Gasteiger partial charge in [-0.1, -0.05) is 40.6 Å². The Balaban J connectivity index is 1.71. The average Bonchev–Trinajstić information content (AvgIpc) is 3.37. The topological polar surface area (TPSA) is 89.2 Å². The second-order valence-electron chi connectivity index (χ2n) is 7.49. The van der Waals surface area contributed by atoms with Gasteiger partial charge in [0.2, 0.25) is 14.9 Å². The summed E-state index contributed by atoms with van der Waals surface area (Å²) in [5.74, 6) is 0.576. The SMILES string of the molecule is Cc1ccc(S(=O)(=O)c2nnn3c2nc(Nc2ccc(C)cc2C)c2sccc23)cc1. The quantitative estimate of drug-likeness (QED) is 0.422. The van der Waals surface area contributed by atoms with Gasteiger partial charge in [0.25, 0.3) is 0 Å². The van der Waals surface area contributed by atoms with E-state index in [-0.39, 0.29) is 15.6 Å². The van der Waals surface area contributed by atoms with E-state index in [0.717, 1.165) is 27.0 Å². The van der Waals surface area contributed by atoms with Gasteiger partial charge in [-0.05, 0) is 56.0 Å². The van der Waals surface area contributed by atoms with Gasteiger partial charge in [-0.15, -0.1) is 16.4 Å². The molecular formula is C22H19N5O2S2. The van der Waals surface area contributed by atoms with Crippen LogP contribution in [0.15, 0.2) is 63.8 Å². The largest absolute Gasteiger partial charge is 0.339 e. The van der Waals surface area contributed by atoms with Crippen molar-refractivity contribution in [2.45, 2.75) is 30.7 Å². The molecule has 0 spiro atoms. The molecule has 0 atom stereocenters. The van der Waals surface area contributed by atoms with Crippen LogP contribution >= 0.6 is 11.3 Å². The third-order valence-electron chi connectivity index (χ3n) is 5.14. The Bertz CT molecular complexity index is 1550. The predicted octanol–water partition coefficient (Wildman–Crippen LogP) is 4.84. The standard InChI is InChI=1S/C22H19N5O2S2/c1-13-4-7-16(8-5-13)31(28,29)22-21-24-20(23-17-9-6-14(2)12-15(17)3)19-18(10-11-30-19)27(21)26-25-22/h4-12H,1-3H3,(H,23,24). The fourth-order valence-corrected chi connectivity index (χ4v) is 5.54. The number of fused-ring (bicyclic) bond motifs is 3. The van der Waals surface area contributed by atoms with E-state index < -0.39 is 9.84 Å². The van der Waals surface area contributed by atoms with Crippen LogP contribution in [0.1, 0.15) is 16.7 Å². The molecule has 31 heavy (non-hydrogen) atoms. The molecule has 3 aromatic heterocycles. The summed E-state index contributed by atoms with van der Waals surface area (Å²) >= 11 is 1.51. The summed E-state index contributed by atoms with van der Waals surface area (Å²) in [7, 11) is -3.88. The summed E-state index contributed by atoms with van der Waals surface area (Å²) in [4.78, 5) is 4.83. The molecule has 0 fully saturated rings. The maximum atomic E-state index is 13.3. The Morgan fingerprint density at radius 3 is 2.45 bits per heavy atom. The van der Waals surface area contributed by atoms with E-state index in [1.165, 1.54) is 21.4 Å². The maximum Gasteiger partial charge on any atom is 0.229 e. The third-order valence-corrected chi connectivity index (χ3v) is 7.72. The second-order valence-corrected chi connectivity index (χ2v) is 10.3. The van der Waals surface area contributed by atoms with Crippen molar-refractivity contribution in [2.75, 3.05) is 5.32 Å². The number of hydrogen-bond donors (Lipinski definition) is 1. The summed E-state index contributed by atoms with van der Waals surface area (Å²) < 4.78 is 28.9. The number of aromatic nitrogens is 4. The Labute approximate surface area is 183 Å². The molecule has 5 aromatic rings. The van der Waals surface area contributed by atoms with Crippen molar-refractivity contribution < 1.29 is 8.42 Å². The number of thiophene rings is 1. The van der Waals surface area contributed by atoms with E-state index in [1.807, 2.05) is 44.4 Å². The summed E-state index contributed by atoms with van der Waals surface area (Å²) in [6.45, 7) is 5.97. The molecule has 2 aromatic carbocycles. The number of nitrogens with one attached hydrogen (secondary N) is 1.